The van der Waals surface area contributed by atoms with Crippen molar-refractivity contribution in [2.24, 2.45) is 0 Å². The summed E-state index contributed by atoms with van der Waals surface area (Å²) in [7, 11) is 0. The fourth-order valence-electron chi connectivity index (χ4n) is 1.92. The smallest absolute Gasteiger partial charge is 0.410 e. The molecule has 0 aromatic carbocycles. The van der Waals surface area contributed by atoms with E-state index in [-0.39, 0.29) is 18.2 Å². The molecule has 2 aliphatic rings. The van der Waals surface area contributed by atoms with E-state index in [9.17, 15) is 9.59 Å². The zero-order chi connectivity index (χ0) is 10.3. The first kappa shape index (κ1) is 9.11. The molecule has 0 aromatic rings. The zero-order valence-electron chi connectivity index (χ0n) is 7.84. The lowest BCUT2D eigenvalue weighted by molar-refractivity contribution is 0.0700. The molecular weight excluding hydrogens is 188 g/mol. The molecule has 6 heteroatoms. The largest absolute Gasteiger partial charge is 0.465 e. The Balaban J connectivity index is 2.11. The van der Waals surface area contributed by atoms with Crippen LogP contribution < -0.4 is 0 Å². The lowest BCUT2D eigenvalue weighted by Crippen LogP contribution is -2.57. The lowest BCUT2D eigenvalue weighted by atomic mass is 10.1. The number of amides is 2. The van der Waals surface area contributed by atoms with Gasteiger partial charge in [0.2, 0.25) is 0 Å². The Morgan fingerprint density at radius 1 is 1.57 bits per heavy atom. The molecule has 0 bridgehead atoms. The molecule has 78 valence electrons. The molecule has 0 radical (unpaired) electrons. The molecule has 0 spiro atoms. The molecule has 0 saturated carbocycles. The van der Waals surface area contributed by atoms with Crippen molar-refractivity contribution in [3.63, 3.8) is 0 Å². The predicted molar refractivity (Wildman–Crippen MR) is 46.0 cm³/mol. The third kappa shape index (κ3) is 1.26. The van der Waals surface area contributed by atoms with E-state index in [1.165, 1.54) is 4.90 Å². The topological polar surface area (TPSA) is 70.1 Å². The van der Waals surface area contributed by atoms with Crippen LogP contribution in [0.5, 0.6) is 0 Å². The molecule has 2 fully saturated rings. The van der Waals surface area contributed by atoms with Gasteiger partial charge in [-0.25, -0.2) is 9.59 Å². The number of hydrogen-bond acceptors (Lipinski definition) is 3. The maximum absolute atomic E-state index is 11.2. The number of hydrogen-bond donors (Lipinski definition) is 1. The Bertz CT molecular complexity index is 281. The fraction of sp³-hybridized carbons (Fsp3) is 0.750. The summed E-state index contributed by atoms with van der Waals surface area (Å²) in [5.74, 6) is 0. The Hall–Kier alpha value is -1.46. The van der Waals surface area contributed by atoms with E-state index >= 15 is 0 Å². The Kier molecular flexibility index (Phi) is 1.98. The quantitative estimate of drug-likeness (QED) is 0.606. The van der Waals surface area contributed by atoms with Crippen molar-refractivity contribution in [3.05, 3.63) is 0 Å². The van der Waals surface area contributed by atoms with Gasteiger partial charge in [-0.3, -0.25) is 4.90 Å². The molecule has 1 N–H and O–H groups in total. The molecule has 2 aliphatic heterocycles. The van der Waals surface area contributed by atoms with E-state index in [2.05, 4.69) is 0 Å². The molecule has 6 nitrogen and oxygen atoms in total. The van der Waals surface area contributed by atoms with Crippen molar-refractivity contribution in [3.8, 4) is 0 Å². The van der Waals surface area contributed by atoms with E-state index in [0.29, 0.717) is 19.7 Å². The van der Waals surface area contributed by atoms with Gasteiger partial charge in [0.05, 0.1) is 12.1 Å². The molecule has 2 rings (SSSR count). The van der Waals surface area contributed by atoms with Gasteiger partial charge in [0.25, 0.3) is 0 Å². The van der Waals surface area contributed by atoms with Crippen molar-refractivity contribution in [2.75, 3.05) is 19.7 Å². The van der Waals surface area contributed by atoms with Gasteiger partial charge in [0.1, 0.15) is 6.61 Å². The van der Waals surface area contributed by atoms with Gasteiger partial charge in [-0.1, -0.05) is 0 Å². The van der Waals surface area contributed by atoms with Gasteiger partial charge in [0.15, 0.2) is 0 Å². The second-order valence-electron chi connectivity index (χ2n) is 3.67. The van der Waals surface area contributed by atoms with Crippen LogP contribution in [-0.4, -0.2) is 58.9 Å². The van der Waals surface area contributed by atoms with Crippen LogP contribution >= 0.6 is 0 Å². The Morgan fingerprint density at radius 3 is 2.93 bits per heavy atom. The highest BCUT2D eigenvalue weighted by molar-refractivity contribution is 5.72. The van der Waals surface area contributed by atoms with Crippen molar-refractivity contribution < 1.29 is 19.4 Å². The third-order valence-electron chi connectivity index (χ3n) is 2.72. The molecule has 14 heavy (non-hydrogen) atoms. The Labute approximate surface area is 81.0 Å². The lowest BCUT2D eigenvalue weighted by Gasteiger charge is -2.38. The summed E-state index contributed by atoms with van der Waals surface area (Å²) in [6.07, 6.45) is -1.26. The normalized spacial score (nSPS) is 31.4. The average Bonchev–Trinajstić information content (AvgIpc) is 2.46. The molecule has 0 unspecified atom stereocenters. The van der Waals surface area contributed by atoms with E-state index in [4.69, 9.17) is 9.84 Å². The summed E-state index contributed by atoms with van der Waals surface area (Å²) in [6.45, 7) is 2.86. The first-order chi connectivity index (χ1) is 6.59. The molecule has 0 aromatic heterocycles. The minimum atomic E-state index is -0.934. The zero-order valence-corrected chi connectivity index (χ0v) is 7.84. The van der Waals surface area contributed by atoms with Crippen LogP contribution in [-0.2, 0) is 4.74 Å². The highest BCUT2D eigenvalue weighted by atomic mass is 16.6. The SMILES string of the molecule is C[C@H]1CN2C(=O)OC[C@H]2CN1C(=O)O. The van der Waals surface area contributed by atoms with Crippen LogP contribution in [0, 0.1) is 0 Å². The van der Waals surface area contributed by atoms with E-state index in [1.807, 2.05) is 0 Å². The minimum Gasteiger partial charge on any atom is -0.465 e. The van der Waals surface area contributed by atoms with E-state index in [0.717, 1.165) is 0 Å². The van der Waals surface area contributed by atoms with Crippen molar-refractivity contribution >= 4 is 12.2 Å². The first-order valence-corrected chi connectivity index (χ1v) is 4.52. The van der Waals surface area contributed by atoms with Crippen molar-refractivity contribution in [2.45, 2.75) is 19.0 Å². The molecule has 2 atom stereocenters. The van der Waals surface area contributed by atoms with Gasteiger partial charge in [0, 0.05) is 13.1 Å². The predicted octanol–water partition coefficient (Wildman–Crippen LogP) is 0.189. The van der Waals surface area contributed by atoms with Crippen LogP contribution in [0.2, 0.25) is 0 Å². The third-order valence-corrected chi connectivity index (χ3v) is 2.72. The molecular formula is C8H12N2O4. The molecule has 2 amide bonds. The highest BCUT2D eigenvalue weighted by Crippen LogP contribution is 2.21. The molecule has 2 saturated heterocycles. The summed E-state index contributed by atoms with van der Waals surface area (Å²) in [4.78, 5) is 24.9. The summed E-state index contributed by atoms with van der Waals surface area (Å²) in [5.41, 5.74) is 0. The summed E-state index contributed by atoms with van der Waals surface area (Å²) in [5, 5.41) is 8.88. The maximum Gasteiger partial charge on any atom is 0.410 e. The van der Waals surface area contributed by atoms with Crippen LogP contribution in [0.1, 0.15) is 6.92 Å². The van der Waals surface area contributed by atoms with Crippen LogP contribution in [0.25, 0.3) is 0 Å². The van der Waals surface area contributed by atoms with Crippen molar-refractivity contribution in [1.29, 1.82) is 0 Å². The monoisotopic (exact) mass is 200 g/mol. The van der Waals surface area contributed by atoms with Gasteiger partial charge in [-0.2, -0.15) is 0 Å². The second-order valence-corrected chi connectivity index (χ2v) is 3.67. The highest BCUT2D eigenvalue weighted by Gasteiger charge is 2.41. The number of cyclic esters (lactones) is 1. The number of nitrogens with zero attached hydrogens (tertiary/aromatic N) is 2. The number of carboxylic acid groups (broad SMARTS) is 1. The molecule has 2 heterocycles. The molecule has 0 aliphatic carbocycles. The standard InChI is InChI=1S/C8H12N2O4/c1-5-2-10-6(4-14-8(10)13)3-9(5)7(11)12/h5-6H,2-4H2,1H3,(H,11,12)/t5-,6+/m0/s1. The fourth-order valence-corrected chi connectivity index (χ4v) is 1.92. The summed E-state index contributed by atoms with van der Waals surface area (Å²) < 4.78 is 4.84. The van der Waals surface area contributed by atoms with E-state index < -0.39 is 6.09 Å². The number of piperazine rings is 1. The summed E-state index contributed by atoms with van der Waals surface area (Å²) in [6, 6.07) is -0.260. The van der Waals surface area contributed by atoms with E-state index in [1.54, 1.807) is 11.8 Å². The van der Waals surface area contributed by atoms with Gasteiger partial charge in [-0.15, -0.1) is 0 Å². The van der Waals surface area contributed by atoms with Gasteiger partial charge >= 0.3 is 12.2 Å². The van der Waals surface area contributed by atoms with Crippen molar-refractivity contribution in [1.82, 2.24) is 9.80 Å². The Morgan fingerprint density at radius 2 is 2.29 bits per heavy atom. The van der Waals surface area contributed by atoms with Gasteiger partial charge < -0.3 is 14.7 Å². The number of rotatable bonds is 0. The summed E-state index contributed by atoms with van der Waals surface area (Å²) >= 11 is 0. The number of carbonyl (C=O) groups excluding carboxylic acids is 1. The second kappa shape index (κ2) is 3.04. The van der Waals surface area contributed by atoms with Crippen LogP contribution in [0.15, 0.2) is 0 Å². The maximum atomic E-state index is 11.2. The average molecular weight is 200 g/mol. The first-order valence-electron chi connectivity index (χ1n) is 4.52. The van der Waals surface area contributed by atoms with Crippen LogP contribution in [0.3, 0.4) is 0 Å². The van der Waals surface area contributed by atoms with Crippen LogP contribution in [0.4, 0.5) is 9.59 Å². The number of carbonyl (C=O) groups is 2. The minimum absolute atomic E-state index is 0.102. The number of ether oxygens (including phenoxy) is 1. The van der Waals surface area contributed by atoms with Gasteiger partial charge in [-0.05, 0) is 6.92 Å². The number of fused-ring (bicyclic) bond motifs is 1.